The molecule has 1 atom stereocenters. The number of hydrogen-bond acceptors (Lipinski definition) is 5. The van der Waals surface area contributed by atoms with Crippen molar-refractivity contribution in [1.82, 2.24) is 9.97 Å². The molecule has 0 aliphatic rings. The molecule has 1 aromatic heterocycles. The Morgan fingerprint density at radius 1 is 1.06 bits per heavy atom. The van der Waals surface area contributed by atoms with E-state index in [4.69, 9.17) is 4.74 Å². The Morgan fingerprint density at radius 3 is 2.39 bits per heavy atom. The quantitative estimate of drug-likeness (QED) is 0.460. The van der Waals surface area contributed by atoms with Gasteiger partial charge in [-0.05, 0) is 43.0 Å². The summed E-state index contributed by atoms with van der Waals surface area (Å²) in [5.41, 5.74) is -4.19. The predicted molar refractivity (Wildman–Crippen MR) is 114 cm³/mol. The maximum Gasteiger partial charge on any atom is 0.418 e. The third-order valence-corrected chi connectivity index (χ3v) is 5.51. The average molecular weight is 469 g/mol. The molecule has 3 aromatic rings. The SMILES string of the molecule is COc1ccc(F)cc1C(C)(C)CC(O)(CNc1cc(F)cc2nc(C)ncc12)C(F)(F)F. The Hall–Kier alpha value is -3.01. The summed E-state index contributed by atoms with van der Waals surface area (Å²) in [5.74, 6) is -0.781. The fourth-order valence-corrected chi connectivity index (χ4v) is 3.88. The second-order valence-corrected chi connectivity index (χ2v) is 8.59. The molecule has 3 rings (SSSR count). The smallest absolute Gasteiger partial charge is 0.418 e. The van der Waals surface area contributed by atoms with Gasteiger partial charge in [0.1, 0.15) is 23.2 Å². The van der Waals surface area contributed by atoms with Crippen molar-refractivity contribution in [2.45, 2.75) is 44.4 Å². The second kappa shape index (κ2) is 8.74. The third-order valence-electron chi connectivity index (χ3n) is 5.51. The summed E-state index contributed by atoms with van der Waals surface area (Å²) in [5, 5.41) is 13.6. The molecule has 0 amide bonds. The van der Waals surface area contributed by atoms with Crippen molar-refractivity contribution in [1.29, 1.82) is 0 Å². The minimum absolute atomic E-state index is 0.00816. The summed E-state index contributed by atoms with van der Waals surface area (Å²) in [7, 11) is 1.32. The molecule has 0 radical (unpaired) electrons. The standard InChI is InChI=1S/C23H24F5N3O2/c1-13-29-10-16-18(8-15(25)9-19(16)31-13)30-12-22(32,23(26,27)28)11-21(2,3)17-7-14(24)5-6-20(17)33-4/h5-10,30,32H,11-12H2,1-4H3. The van der Waals surface area contributed by atoms with E-state index in [1.165, 1.54) is 33.2 Å². The summed E-state index contributed by atoms with van der Waals surface area (Å²) < 4.78 is 75.3. The number of nitrogens with zero attached hydrogens (tertiary/aromatic N) is 2. The zero-order chi connectivity index (χ0) is 24.6. The first-order valence-electron chi connectivity index (χ1n) is 10.1. The van der Waals surface area contributed by atoms with Crippen molar-refractivity contribution >= 4 is 16.6 Å². The number of aromatic nitrogens is 2. The molecule has 0 aliphatic heterocycles. The molecule has 33 heavy (non-hydrogen) atoms. The number of aryl methyl sites for hydroxylation is 1. The van der Waals surface area contributed by atoms with E-state index in [1.54, 1.807) is 6.92 Å². The normalized spacial score (nSPS) is 14.2. The zero-order valence-electron chi connectivity index (χ0n) is 18.5. The van der Waals surface area contributed by atoms with Crippen LogP contribution >= 0.6 is 0 Å². The summed E-state index contributed by atoms with van der Waals surface area (Å²) in [6.45, 7) is 3.52. The fraction of sp³-hybridized carbons (Fsp3) is 0.391. The number of aliphatic hydroxyl groups is 1. The molecule has 5 nitrogen and oxygen atoms in total. The van der Waals surface area contributed by atoms with Crippen molar-refractivity contribution < 1.29 is 31.8 Å². The van der Waals surface area contributed by atoms with Crippen molar-refractivity contribution in [3.63, 3.8) is 0 Å². The Morgan fingerprint density at radius 2 is 1.76 bits per heavy atom. The monoisotopic (exact) mass is 469 g/mol. The molecule has 0 saturated heterocycles. The Labute approximate surface area is 187 Å². The van der Waals surface area contributed by atoms with Gasteiger partial charge < -0.3 is 15.2 Å². The number of anilines is 1. The lowest BCUT2D eigenvalue weighted by molar-refractivity contribution is -0.260. The van der Waals surface area contributed by atoms with Crippen LogP contribution in [-0.4, -0.2) is 40.5 Å². The minimum Gasteiger partial charge on any atom is -0.496 e. The highest BCUT2D eigenvalue weighted by Gasteiger charge is 2.56. The first-order valence-corrected chi connectivity index (χ1v) is 10.1. The Bertz CT molecular complexity index is 1160. The number of halogens is 5. The molecule has 1 heterocycles. The third kappa shape index (κ3) is 5.16. The summed E-state index contributed by atoms with van der Waals surface area (Å²) in [4.78, 5) is 8.10. The van der Waals surface area contributed by atoms with Gasteiger partial charge in [-0.25, -0.2) is 18.7 Å². The lowest BCUT2D eigenvalue weighted by Gasteiger charge is -2.38. The highest BCUT2D eigenvalue weighted by Crippen LogP contribution is 2.44. The average Bonchev–Trinajstić information content (AvgIpc) is 2.70. The van der Waals surface area contributed by atoms with Crippen LogP contribution in [0.3, 0.4) is 0 Å². The van der Waals surface area contributed by atoms with Crippen molar-refractivity contribution in [2.24, 2.45) is 0 Å². The van der Waals surface area contributed by atoms with E-state index in [0.717, 1.165) is 24.3 Å². The van der Waals surface area contributed by atoms with E-state index in [0.29, 0.717) is 11.2 Å². The molecule has 2 N–H and O–H groups in total. The lowest BCUT2D eigenvalue weighted by atomic mass is 9.74. The van der Waals surface area contributed by atoms with Crippen LogP contribution in [0.1, 0.15) is 31.7 Å². The van der Waals surface area contributed by atoms with Gasteiger partial charge in [0.05, 0.1) is 19.2 Å². The molecular formula is C23H24F5N3O2. The van der Waals surface area contributed by atoms with Gasteiger partial charge in [-0.1, -0.05) is 13.8 Å². The van der Waals surface area contributed by atoms with Gasteiger partial charge in [0.25, 0.3) is 0 Å². The molecule has 0 bridgehead atoms. The van der Waals surface area contributed by atoms with Gasteiger partial charge >= 0.3 is 6.18 Å². The van der Waals surface area contributed by atoms with Crippen molar-refractivity contribution in [3.05, 3.63) is 59.6 Å². The number of ether oxygens (including phenoxy) is 1. The molecule has 0 saturated carbocycles. The van der Waals surface area contributed by atoms with Crippen LogP contribution in [-0.2, 0) is 5.41 Å². The van der Waals surface area contributed by atoms with Crippen LogP contribution < -0.4 is 10.1 Å². The Kier molecular flexibility index (Phi) is 6.52. The van der Waals surface area contributed by atoms with Crippen LogP contribution in [0.25, 0.3) is 10.9 Å². The molecule has 178 valence electrons. The molecule has 0 fully saturated rings. The largest absolute Gasteiger partial charge is 0.496 e. The van der Waals surface area contributed by atoms with E-state index >= 15 is 0 Å². The van der Waals surface area contributed by atoms with Crippen LogP contribution in [0.5, 0.6) is 5.75 Å². The van der Waals surface area contributed by atoms with Gasteiger partial charge in [0, 0.05) is 28.9 Å². The molecule has 0 aliphatic carbocycles. The van der Waals surface area contributed by atoms with Gasteiger partial charge in [-0.3, -0.25) is 0 Å². The van der Waals surface area contributed by atoms with Crippen LogP contribution in [0.4, 0.5) is 27.6 Å². The number of fused-ring (bicyclic) bond motifs is 1. The number of hydrogen-bond donors (Lipinski definition) is 2. The molecule has 2 aromatic carbocycles. The molecule has 0 spiro atoms. The lowest BCUT2D eigenvalue weighted by Crippen LogP contribution is -2.53. The van der Waals surface area contributed by atoms with E-state index < -0.39 is 41.8 Å². The summed E-state index contributed by atoms with van der Waals surface area (Å²) in [6.07, 6.45) is -4.50. The van der Waals surface area contributed by atoms with E-state index in [-0.39, 0.29) is 22.5 Å². The maximum atomic E-state index is 14.1. The Balaban J connectivity index is 1.97. The molecule has 1 unspecified atom stereocenters. The topological polar surface area (TPSA) is 67.3 Å². The van der Waals surface area contributed by atoms with Crippen molar-refractivity contribution in [3.8, 4) is 5.75 Å². The van der Waals surface area contributed by atoms with Crippen LogP contribution in [0.15, 0.2) is 36.5 Å². The highest BCUT2D eigenvalue weighted by molar-refractivity contribution is 5.90. The first kappa shape index (κ1) is 24.6. The zero-order valence-corrected chi connectivity index (χ0v) is 18.5. The number of benzene rings is 2. The number of methoxy groups -OCH3 is 1. The number of alkyl halides is 3. The number of nitrogens with one attached hydrogen (secondary N) is 1. The highest BCUT2D eigenvalue weighted by atomic mass is 19.4. The minimum atomic E-state index is -5.05. The fourth-order valence-electron chi connectivity index (χ4n) is 3.88. The van der Waals surface area contributed by atoms with E-state index in [2.05, 4.69) is 15.3 Å². The first-order chi connectivity index (χ1) is 15.3. The summed E-state index contributed by atoms with van der Waals surface area (Å²) in [6, 6.07) is 5.69. The maximum absolute atomic E-state index is 14.1. The summed E-state index contributed by atoms with van der Waals surface area (Å²) >= 11 is 0. The van der Waals surface area contributed by atoms with Gasteiger partial charge in [0.15, 0.2) is 5.60 Å². The second-order valence-electron chi connectivity index (χ2n) is 8.59. The number of rotatable bonds is 7. The van der Waals surface area contributed by atoms with Gasteiger partial charge in [-0.15, -0.1) is 0 Å². The van der Waals surface area contributed by atoms with Crippen LogP contribution in [0, 0.1) is 18.6 Å². The van der Waals surface area contributed by atoms with E-state index in [1.807, 2.05) is 0 Å². The van der Waals surface area contributed by atoms with Crippen LogP contribution in [0.2, 0.25) is 0 Å². The predicted octanol–water partition coefficient (Wildman–Crippen LogP) is 5.30. The van der Waals surface area contributed by atoms with Gasteiger partial charge in [-0.2, -0.15) is 13.2 Å². The van der Waals surface area contributed by atoms with Crippen molar-refractivity contribution in [2.75, 3.05) is 19.0 Å². The van der Waals surface area contributed by atoms with Gasteiger partial charge in [0.2, 0.25) is 0 Å². The van der Waals surface area contributed by atoms with E-state index in [9.17, 15) is 27.1 Å². The molecular weight excluding hydrogens is 445 g/mol. The molecule has 10 heteroatoms.